The zero-order chi connectivity index (χ0) is 37.9. The first-order chi connectivity index (χ1) is 26.3. The lowest BCUT2D eigenvalue weighted by atomic mass is 10.1. The molecule has 4 aromatic carbocycles. The number of nitrogens with one attached hydrogen (secondary N) is 2. The Morgan fingerprint density at radius 3 is 1.37 bits per heavy atom. The number of anilines is 2. The molecule has 2 heterocycles. The molecular weight excluding hydrogens is 688 g/mol. The molecule has 2 fully saturated rings. The molecule has 2 aliphatic rings. The van der Waals surface area contributed by atoms with E-state index in [0.29, 0.717) is 60.3 Å². The van der Waals surface area contributed by atoms with E-state index in [1.54, 1.807) is 72.6 Å². The maximum absolute atomic E-state index is 13.2. The summed E-state index contributed by atoms with van der Waals surface area (Å²) in [6.45, 7) is 0.662. The van der Waals surface area contributed by atoms with Crippen molar-refractivity contribution in [2.75, 3.05) is 51.2 Å². The molecule has 12 heteroatoms. The monoisotopic (exact) mass is 732 g/mol. The second-order valence-electron chi connectivity index (χ2n) is 13.0. The molecule has 0 unspecified atom stereocenters. The Labute approximate surface area is 314 Å². The van der Waals surface area contributed by atoms with E-state index < -0.39 is 12.1 Å². The van der Waals surface area contributed by atoms with Gasteiger partial charge in [-0.05, 0) is 85.3 Å². The summed E-state index contributed by atoms with van der Waals surface area (Å²) in [5, 5.41) is 5.89. The van der Waals surface area contributed by atoms with E-state index in [2.05, 4.69) is 10.6 Å². The number of hydrogen-bond acceptors (Lipinski definition) is 8. The minimum atomic E-state index is -0.566. The third-order valence-corrected chi connectivity index (χ3v) is 9.38. The zero-order valence-corrected chi connectivity index (χ0v) is 30.4. The quantitative estimate of drug-likeness (QED) is 0.153. The number of carbonyl (C=O) groups excluding carboxylic acids is 4. The van der Waals surface area contributed by atoms with Gasteiger partial charge in [-0.25, -0.2) is 0 Å². The van der Waals surface area contributed by atoms with Crippen LogP contribution in [-0.4, -0.2) is 86.0 Å². The van der Waals surface area contributed by atoms with Gasteiger partial charge < -0.3 is 39.4 Å². The summed E-state index contributed by atoms with van der Waals surface area (Å²) in [4.78, 5) is 55.4. The molecule has 4 aromatic rings. The largest absolute Gasteiger partial charge is 0.497 e. The number of ether oxygens (including phenoxy) is 4. The van der Waals surface area contributed by atoms with Crippen molar-refractivity contribution in [3.05, 3.63) is 108 Å². The van der Waals surface area contributed by atoms with Crippen molar-refractivity contribution in [2.45, 2.75) is 37.8 Å². The van der Waals surface area contributed by atoms with Crippen LogP contribution in [0.2, 0.25) is 0 Å². The van der Waals surface area contributed by atoms with Crippen LogP contribution in [0.3, 0.4) is 0 Å². The van der Waals surface area contributed by atoms with E-state index in [1.165, 1.54) is 0 Å². The van der Waals surface area contributed by atoms with Gasteiger partial charge in [0.25, 0.3) is 11.8 Å². The molecule has 0 saturated carbocycles. The molecule has 2 aliphatic heterocycles. The maximum Gasteiger partial charge on any atom is 0.261 e. The Hall–Kier alpha value is -6.30. The van der Waals surface area contributed by atoms with Crippen LogP contribution in [0.4, 0.5) is 11.4 Å². The average molecular weight is 733 g/mol. The molecule has 280 valence electrons. The summed E-state index contributed by atoms with van der Waals surface area (Å²) in [6.07, 6.45) is 6.55. The standard InChI is InChI=1S/C42H44N4O8/c1-51-33-7-3-9-35(25-33)53-27-39(47)45-23-5-11-37(45)41(49)43-31-19-15-29(16-20-31)13-14-30-17-21-32(22-18-30)44-42(50)38-12-6-24-46(38)40(48)28-54-36-10-4-8-34(26-36)52-2/h3-4,7-10,13-22,25-26,37-38H,5-6,11-12,23-24,27-28H2,1-2H3,(H,43,49)(H,44,50)/b14-13+/t37-,38-/m0/s1. The highest BCUT2D eigenvalue weighted by atomic mass is 16.5. The fourth-order valence-electron chi connectivity index (χ4n) is 6.51. The van der Waals surface area contributed by atoms with Crippen LogP contribution in [0.15, 0.2) is 97.1 Å². The summed E-state index contributed by atoms with van der Waals surface area (Å²) < 4.78 is 21.7. The second kappa shape index (κ2) is 18.0. The maximum atomic E-state index is 13.2. The van der Waals surface area contributed by atoms with E-state index in [9.17, 15) is 19.2 Å². The minimum Gasteiger partial charge on any atom is -0.497 e. The van der Waals surface area contributed by atoms with E-state index in [4.69, 9.17) is 18.9 Å². The van der Waals surface area contributed by atoms with E-state index in [0.717, 1.165) is 24.0 Å². The van der Waals surface area contributed by atoms with E-state index >= 15 is 0 Å². The van der Waals surface area contributed by atoms with Gasteiger partial charge in [0.1, 0.15) is 35.1 Å². The van der Waals surface area contributed by atoms with Crippen molar-refractivity contribution in [3.8, 4) is 23.0 Å². The molecule has 2 atom stereocenters. The first kappa shape index (κ1) is 37.5. The Morgan fingerprint density at radius 2 is 0.981 bits per heavy atom. The summed E-state index contributed by atoms with van der Waals surface area (Å²) in [5.74, 6) is 1.36. The minimum absolute atomic E-state index is 0.167. The van der Waals surface area contributed by atoms with Crippen molar-refractivity contribution in [1.29, 1.82) is 0 Å². The van der Waals surface area contributed by atoms with Gasteiger partial charge in [0.05, 0.1) is 14.2 Å². The molecule has 4 amide bonds. The number of benzene rings is 4. The van der Waals surface area contributed by atoms with Crippen LogP contribution in [0.1, 0.15) is 36.8 Å². The lowest BCUT2D eigenvalue weighted by molar-refractivity contribution is -0.138. The van der Waals surface area contributed by atoms with Crippen LogP contribution in [-0.2, 0) is 19.2 Å². The number of methoxy groups -OCH3 is 2. The molecule has 0 aliphatic carbocycles. The fourth-order valence-corrected chi connectivity index (χ4v) is 6.51. The highest BCUT2D eigenvalue weighted by molar-refractivity contribution is 5.98. The Balaban J connectivity index is 0.956. The SMILES string of the molecule is COc1cccc(OCC(=O)N2CCC[C@H]2C(=O)Nc2ccc(/C=C/c3ccc(NC(=O)[C@@H]4CCCN4C(=O)COc4cccc(OC)c4)cc3)cc2)c1. The summed E-state index contributed by atoms with van der Waals surface area (Å²) in [6, 6.07) is 27.8. The predicted octanol–water partition coefficient (Wildman–Crippen LogP) is 5.89. The Kier molecular flexibility index (Phi) is 12.5. The number of likely N-dealkylation sites (tertiary alicyclic amines) is 2. The van der Waals surface area contributed by atoms with Crippen molar-refractivity contribution < 1.29 is 38.1 Å². The van der Waals surface area contributed by atoms with Crippen molar-refractivity contribution in [2.24, 2.45) is 0 Å². The first-order valence-electron chi connectivity index (χ1n) is 17.9. The van der Waals surface area contributed by atoms with E-state index in [1.807, 2.05) is 60.7 Å². The normalized spacial score (nSPS) is 16.6. The molecule has 2 N–H and O–H groups in total. The van der Waals surface area contributed by atoms with Crippen molar-refractivity contribution in [3.63, 3.8) is 0 Å². The lowest BCUT2D eigenvalue weighted by Crippen LogP contribution is -2.45. The topological polar surface area (TPSA) is 136 Å². The van der Waals surface area contributed by atoms with Crippen molar-refractivity contribution >= 4 is 47.2 Å². The van der Waals surface area contributed by atoms with Gasteiger partial charge in [-0.2, -0.15) is 0 Å². The summed E-state index contributed by atoms with van der Waals surface area (Å²) in [7, 11) is 3.13. The number of nitrogens with zero attached hydrogens (tertiary/aromatic N) is 2. The Bertz CT molecular complexity index is 1820. The highest BCUT2D eigenvalue weighted by Crippen LogP contribution is 2.24. The van der Waals surface area contributed by atoms with Gasteiger partial charge >= 0.3 is 0 Å². The molecule has 0 radical (unpaired) electrons. The predicted molar refractivity (Wildman–Crippen MR) is 206 cm³/mol. The van der Waals surface area contributed by atoms with Crippen molar-refractivity contribution in [1.82, 2.24) is 9.80 Å². The van der Waals surface area contributed by atoms with Gasteiger partial charge in [0, 0.05) is 36.6 Å². The second-order valence-corrected chi connectivity index (χ2v) is 13.0. The molecular formula is C42H44N4O8. The summed E-state index contributed by atoms with van der Waals surface area (Å²) >= 11 is 0. The molecule has 0 bridgehead atoms. The highest BCUT2D eigenvalue weighted by Gasteiger charge is 2.35. The molecule has 2 saturated heterocycles. The molecule has 0 spiro atoms. The molecule has 12 nitrogen and oxygen atoms in total. The van der Waals surface area contributed by atoms with Gasteiger partial charge in [0.15, 0.2) is 13.2 Å². The van der Waals surface area contributed by atoms with Crippen LogP contribution >= 0.6 is 0 Å². The third-order valence-electron chi connectivity index (χ3n) is 9.38. The van der Waals surface area contributed by atoms with Gasteiger partial charge in [0.2, 0.25) is 11.8 Å². The fraction of sp³-hybridized carbons (Fsp3) is 0.286. The lowest BCUT2D eigenvalue weighted by Gasteiger charge is -2.24. The molecule has 6 rings (SSSR count). The Morgan fingerprint density at radius 1 is 0.593 bits per heavy atom. The number of carbonyl (C=O) groups is 4. The van der Waals surface area contributed by atoms with Gasteiger partial charge in [-0.15, -0.1) is 0 Å². The first-order valence-corrected chi connectivity index (χ1v) is 17.9. The summed E-state index contributed by atoms with van der Waals surface area (Å²) in [5.41, 5.74) is 3.13. The van der Waals surface area contributed by atoms with E-state index in [-0.39, 0.29) is 36.8 Å². The average Bonchev–Trinajstić information content (AvgIpc) is 3.91. The van der Waals surface area contributed by atoms with Crippen LogP contribution in [0.25, 0.3) is 12.2 Å². The third kappa shape index (κ3) is 9.77. The molecule has 54 heavy (non-hydrogen) atoms. The van der Waals surface area contributed by atoms with Gasteiger partial charge in [-0.3, -0.25) is 19.2 Å². The zero-order valence-electron chi connectivity index (χ0n) is 30.4. The van der Waals surface area contributed by atoms with Gasteiger partial charge in [-0.1, -0.05) is 48.6 Å². The van der Waals surface area contributed by atoms with Crippen LogP contribution in [0.5, 0.6) is 23.0 Å². The number of amides is 4. The molecule has 0 aromatic heterocycles. The van der Waals surface area contributed by atoms with Crippen LogP contribution in [0, 0.1) is 0 Å². The smallest absolute Gasteiger partial charge is 0.261 e. The number of hydrogen-bond donors (Lipinski definition) is 2. The van der Waals surface area contributed by atoms with Crippen LogP contribution < -0.4 is 29.6 Å². The number of rotatable bonds is 14.